The summed E-state index contributed by atoms with van der Waals surface area (Å²) in [6.45, 7) is 3.19. The predicted molar refractivity (Wildman–Crippen MR) is 42.3 cm³/mol. The van der Waals surface area contributed by atoms with Crippen LogP contribution in [0.1, 0.15) is 26.2 Å². The third kappa shape index (κ3) is 2.01. The van der Waals surface area contributed by atoms with Crippen LogP contribution in [0.2, 0.25) is 0 Å². The van der Waals surface area contributed by atoms with Gasteiger partial charge < -0.3 is 4.74 Å². The molecule has 1 unspecified atom stereocenters. The van der Waals surface area contributed by atoms with Crippen LogP contribution in [0.15, 0.2) is 4.99 Å². The van der Waals surface area contributed by atoms with E-state index in [2.05, 4.69) is 11.9 Å². The maximum Gasteiger partial charge on any atom is 0.182 e. The van der Waals surface area contributed by atoms with Gasteiger partial charge in [-0.15, -0.1) is 0 Å². The summed E-state index contributed by atoms with van der Waals surface area (Å²) < 4.78 is 5.07. The number of hydrogen-bond acceptors (Lipinski definition) is 2. The van der Waals surface area contributed by atoms with E-state index in [9.17, 15) is 0 Å². The second-order valence-corrected chi connectivity index (χ2v) is 2.94. The standard InChI is InChI=1S/C8H15NO/c1-7-4-3-5-8(10-2)9-6-7/h7H,3-6H2,1-2H3. The smallest absolute Gasteiger partial charge is 0.182 e. The quantitative estimate of drug-likeness (QED) is 0.504. The van der Waals surface area contributed by atoms with E-state index in [1.54, 1.807) is 7.11 Å². The Morgan fingerprint density at radius 1 is 1.60 bits per heavy atom. The minimum atomic E-state index is 0.743. The summed E-state index contributed by atoms with van der Waals surface area (Å²) in [7, 11) is 1.70. The predicted octanol–water partition coefficient (Wildman–Crippen LogP) is 1.85. The molecule has 10 heavy (non-hydrogen) atoms. The van der Waals surface area contributed by atoms with Crippen molar-refractivity contribution in [3.63, 3.8) is 0 Å². The van der Waals surface area contributed by atoms with E-state index >= 15 is 0 Å². The van der Waals surface area contributed by atoms with E-state index in [-0.39, 0.29) is 0 Å². The Bertz CT molecular complexity index is 131. The van der Waals surface area contributed by atoms with Gasteiger partial charge in [-0.1, -0.05) is 6.92 Å². The van der Waals surface area contributed by atoms with E-state index in [1.807, 2.05) is 0 Å². The van der Waals surface area contributed by atoms with Crippen LogP contribution in [0.5, 0.6) is 0 Å². The largest absolute Gasteiger partial charge is 0.484 e. The SMILES string of the molecule is COC1=NCC(C)CCC1. The molecule has 0 bridgehead atoms. The summed E-state index contributed by atoms with van der Waals surface area (Å²) in [5.41, 5.74) is 0. The molecule has 1 aliphatic heterocycles. The molecule has 0 fully saturated rings. The van der Waals surface area contributed by atoms with Gasteiger partial charge in [-0.05, 0) is 18.8 Å². The van der Waals surface area contributed by atoms with Crippen molar-refractivity contribution in [1.29, 1.82) is 0 Å². The first-order valence-corrected chi connectivity index (χ1v) is 3.90. The molecule has 58 valence electrons. The molecule has 1 heterocycles. The molecular formula is C8H15NO. The van der Waals surface area contributed by atoms with Gasteiger partial charge in [0.2, 0.25) is 0 Å². The fourth-order valence-electron chi connectivity index (χ4n) is 1.20. The number of aliphatic imine (C=N–C) groups is 1. The van der Waals surface area contributed by atoms with Gasteiger partial charge in [0.25, 0.3) is 0 Å². The number of hydrogen-bond donors (Lipinski definition) is 0. The molecular weight excluding hydrogens is 126 g/mol. The lowest BCUT2D eigenvalue weighted by atomic mass is 10.1. The second-order valence-electron chi connectivity index (χ2n) is 2.94. The van der Waals surface area contributed by atoms with Crippen molar-refractivity contribution in [3.8, 4) is 0 Å². The molecule has 2 nitrogen and oxygen atoms in total. The molecule has 0 spiro atoms. The Balaban J connectivity index is 2.43. The number of methoxy groups -OCH3 is 1. The Kier molecular flexibility index (Phi) is 2.72. The zero-order valence-electron chi connectivity index (χ0n) is 6.76. The lowest BCUT2D eigenvalue weighted by Gasteiger charge is -2.00. The van der Waals surface area contributed by atoms with E-state index in [0.29, 0.717) is 0 Å². The molecule has 0 aromatic carbocycles. The Morgan fingerprint density at radius 3 is 3.10 bits per heavy atom. The number of nitrogens with zero attached hydrogens (tertiary/aromatic N) is 1. The first kappa shape index (κ1) is 7.58. The normalized spacial score (nSPS) is 27.0. The number of rotatable bonds is 0. The first-order chi connectivity index (χ1) is 4.83. The molecule has 0 aliphatic carbocycles. The molecule has 2 heteroatoms. The van der Waals surface area contributed by atoms with Gasteiger partial charge in [0, 0.05) is 13.0 Å². The lowest BCUT2D eigenvalue weighted by molar-refractivity contribution is 0.388. The molecule has 0 N–H and O–H groups in total. The zero-order chi connectivity index (χ0) is 7.40. The van der Waals surface area contributed by atoms with E-state index < -0.39 is 0 Å². The summed E-state index contributed by atoms with van der Waals surface area (Å²) >= 11 is 0. The van der Waals surface area contributed by atoms with Crippen molar-refractivity contribution in [2.24, 2.45) is 10.9 Å². The Hall–Kier alpha value is -0.530. The lowest BCUT2D eigenvalue weighted by Crippen LogP contribution is -1.99. The monoisotopic (exact) mass is 141 g/mol. The van der Waals surface area contributed by atoms with Crippen molar-refractivity contribution >= 4 is 5.90 Å². The van der Waals surface area contributed by atoms with E-state index in [4.69, 9.17) is 4.74 Å². The minimum Gasteiger partial charge on any atom is -0.484 e. The maximum absolute atomic E-state index is 5.07. The van der Waals surface area contributed by atoms with E-state index in [1.165, 1.54) is 12.8 Å². The van der Waals surface area contributed by atoms with Crippen LogP contribution >= 0.6 is 0 Å². The molecule has 0 aromatic heterocycles. The molecule has 0 saturated carbocycles. The van der Waals surface area contributed by atoms with Gasteiger partial charge in [-0.25, -0.2) is 0 Å². The van der Waals surface area contributed by atoms with Crippen LogP contribution in [0, 0.1) is 5.92 Å². The number of ether oxygens (including phenoxy) is 1. The maximum atomic E-state index is 5.07. The van der Waals surface area contributed by atoms with E-state index in [0.717, 1.165) is 24.8 Å². The molecule has 0 saturated heterocycles. The molecule has 1 atom stereocenters. The Labute approximate surface area is 62.3 Å². The molecule has 0 aromatic rings. The highest BCUT2D eigenvalue weighted by Gasteiger charge is 2.08. The minimum absolute atomic E-state index is 0.743. The average molecular weight is 141 g/mol. The molecule has 0 amide bonds. The first-order valence-electron chi connectivity index (χ1n) is 3.90. The molecule has 1 aliphatic rings. The third-order valence-electron chi connectivity index (χ3n) is 1.90. The molecule has 1 rings (SSSR count). The van der Waals surface area contributed by atoms with Crippen LogP contribution in [0.3, 0.4) is 0 Å². The van der Waals surface area contributed by atoms with Crippen LogP contribution in [0.25, 0.3) is 0 Å². The average Bonchev–Trinajstić information content (AvgIpc) is 2.14. The van der Waals surface area contributed by atoms with Crippen LogP contribution in [-0.4, -0.2) is 19.6 Å². The van der Waals surface area contributed by atoms with Crippen molar-refractivity contribution in [2.75, 3.05) is 13.7 Å². The Morgan fingerprint density at radius 2 is 2.40 bits per heavy atom. The summed E-state index contributed by atoms with van der Waals surface area (Å²) in [6.07, 6.45) is 3.55. The van der Waals surface area contributed by atoms with Crippen molar-refractivity contribution in [2.45, 2.75) is 26.2 Å². The fourth-order valence-corrected chi connectivity index (χ4v) is 1.20. The second kappa shape index (κ2) is 3.59. The molecule has 0 radical (unpaired) electrons. The van der Waals surface area contributed by atoms with Gasteiger partial charge in [0.1, 0.15) is 0 Å². The van der Waals surface area contributed by atoms with Crippen LogP contribution in [-0.2, 0) is 4.74 Å². The van der Waals surface area contributed by atoms with Gasteiger partial charge >= 0.3 is 0 Å². The van der Waals surface area contributed by atoms with Crippen molar-refractivity contribution < 1.29 is 4.74 Å². The van der Waals surface area contributed by atoms with Gasteiger partial charge in [0.05, 0.1) is 7.11 Å². The van der Waals surface area contributed by atoms with Crippen LogP contribution < -0.4 is 0 Å². The highest BCUT2D eigenvalue weighted by molar-refractivity contribution is 5.76. The topological polar surface area (TPSA) is 21.6 Å². The highest BCUT2D eigenvalue weighted by Crippen LogP contribution is 2.13. The third-order valence-corrected chi connectivity index (χ3v) is 1.90. The summed E-state index contributed by atoms with van der Waals surface area (Å²) in [5.74, 6) is 1.68. The van der Waals surface area contributed by atoms with Crippen LogP contribution in [0.4, 0.5) is 0 Å². The van der Waals surface area contributed by atoms with Crippen molar-refractivity contribution in [3.05, 3.63) is 0 Å². The summed E-state index contributed by atoms with van der Waals surface area (Å²) in [4.78, 5) is 4.32. The summed E-state index contributed by atoms with van der Waals surface area (Å²) in [6, 6.07) is 0. The van der Waals surface area contributed by atoms with Crippen molar-refractivity contribution in [1.82, 2.24) is 0 Å². The van der Waals surface area contributed by atoms with Gasteiger partial charge in [0.15, 0.2) is 5.90 Å². The van der Waals surface area contributed by atoms with Gasteiger partial charge in [-0.2, -0.15) is 0 Å². The highest BCUT2D eigenvalue weighted by atomic mass is 16.5. The van der Waals surface area contributed by atoms with Gasteiger partial charge in [-0.3, -0.25) is 4.99 Å². The fraction of sp³-hybridized carbons (Fsp3) is 0.875. The zero-order valence-corrected chi connectivity index (χ0v) is 6.76. The summed E-state index contributed by atoms with van der Waals surface area (Å²) in [5, 5.41) is 0.